The second-order valence-corrected chi connectivity index (χ2v) is 10.0. The predicted octanol–water partition coefficient (Wildman–Crippen LogP) is 6.91. The van der Waals surface area contributed by atoms with Gasteiger partial charge in [0, 0.05) is 13.1 Å². The summed E-state index contributed by atoms with van der Waals surface area (Å²) in [6.45, 7) is 13.4. The molecule has 0 saturated heterocycles. The monoisotopic (exact) mass is 471 g/mol. The van der Waals surface area contributed by atoms with Crippen LogP contribution in [-0.2, 0) is 11.0 Å². The first-order valence-electron chi connectivity index (χ1n) is 10.7. The topological polar surface area (TPSA) is 65.5 Å². The molecule has 0 amide bonds. The van der Waals surface area contributed by atoms with Gasteiger partial charge in [-0.25, -0.2) is 4.98 Å². The Morgan fingerprint density at radius 1 is 1.16 bits per heavy atom. The highest BCUT2D eigenvalue weighted by molar-refractivity contribution is 7.16. The first kappa shape index (κ1) is 26.0. The van der Waals surface area contributed by atoms with Gasteiger partial charge >= 0.3 is 12.1 Å². The predicted molar refractivity (Wildman–Crippen MR) is 124 cm³/mol. The summed E-state index contributed by atoms with van der Waals surface area (Å²) in [4.78, 5) is 17.1. The van der Waals surface area contributed by atoms with Gasteiger partial charge in [-0.15, -0.1) is 0 Å². The van der Waals surface area contributed by atoms with Crippen molar-refractivity contribution < 1.29 is 23.1 Å². The van der Waals surface area contributed by atoms with Gasteiger partial charge < -0.3 is 15.3 Å². The van der Waals surface area contributed by atoms with E-state index in [9.17, 15) is 18.0 Å². The van der Waals surface area contributed by atoms with E-state index >= 15 is 0 Å². The highest BCUT2D eigenvalue weighted by atomic mass is 32.1. The van der Waals surface area contributed by atoms with Crippen molar-refractivity contribution >= 4 is 33.7 Å². The lowest BCUT2D eigenvalue weighted by molar-refractivity contribution is -0.138. The Kier molecular flexibility index (Phi) is 8.56. The number of thiazole rings is 1. The number of anilines is 3. The van der Waals surface area contributed by atoms with E-state index in [0.29, 0.717) is 33.9 Å². The molecule has 1 aromatic heterocycles. The van der Waals surface area contributed by atoms with Gasteiger partial charge in [0.15, 0.2) is 5.01 Å². The molecule has 178 valence electrons. The van der Waals surface area contributed by atoms with Crippen molar-refractivity contribution in [2.75, 3.05) is 23.3 Å². The highest BCUT2D eigenvalue weighted by Gasteiger charge is 2.35. The molecular weight excluding hydrogens is 439 g/mol. The number of carboxylic acids is 1. The van der Waals surface area contributed by atoms with E-state index in [1.807, 2.05) is 25.1 Å². The van der Waals surface area contributed by atoms with Crippen LogP contribution in [0.5, 0.6) is 0 Å². The van der Waals surface area contributed by atoms with Crippen LogP contribution in [-0.4, -0.2) is 29.1 Å². The van der Waals surface area contributed by atoms with Gasteiger partial charge in [-0.05, 0) is 42.4 Å². The normalized spacial score (nSPS) is 13.0. The molecule has 1 atom stereocenters. The van der Waals surface area contributed by atoms with Gasteiger partial charge in [-0.3, -0.25) is 4.79 Å². The number of alkyl halides is 3. The Hall–Kier alpha value is -2.29. The Labute approximate surface area is 191 Å². The number of carbonyl (C=O) groups is 1. The molecule has 0 bridgehead atoms. The molecule has 0 radical (unpaired) electrons. The summed E-state index contributed by atoms with van der Waals surface area (Å²) in [6, 6.07) is 5.69. The third-order valence-corrected chi connectivity index (χ3v) is 5.99. The Bertz CT molecular complexity index is 916. The molecule has 0 aliphatic heterocycles. The maximum absolute atomic E-state index is 13.2. The Morgan fingerprint density at radius 3 is 2.22 bits per heavy atom. The minimum absolute atomic E-state index is 0.0295. The van der Waals surface area contributed by atoms with Crippen LogP contribution in [0.3, 0.4) is 0 Å². The van der Waals surface area contributed by atoms with E-state index in [2.05, 4.69) is 42.9 Å². The second-order valence-electron chi connectivity index (χ2n) is 9.02. The van der Waals surface area contributed by atoms with Crippen LogP contribution in [0.1, 0.15) is 63.2 Å². The minimum atomic E-state index is -4.50. The first-order valence-corrected chi connectivity index (χ1v) is 11.5. The summed E-state index contributed by atoms with van der Waals surface area (Å²) >= 11 is 0.575. The number of halogens is 3. The minimum Gasteiger partial charge on any atom is -0.481 e. The molecule has 1 heterocycles. The van der Waals surface area contributed by atoms with Crippen LogP contribution in [0, 0.1) is 18.8 Å². The molecule has 5 nitrogen and oxygen atoms in total. The SMILES string of the molecule is Cc1nc(C(F)(F)F)sc1Nc1cc(C(C)CC(=O)O)ccc1N(CC(C)C)CC(C)C. The first-order chi connectivity index (χ1) is 14.8. The van der Waals surface area contributed by atoms with E-state index in [4.69, 9.17) is 5.11 Å². The number of hydrogen-bond donors (Lipinski definition) is 2. The standard InChI is InChI=1S/C23H32F3N3O2S/c1-13(2)11-29(12-14(3)4)19-8-7-17(15(5)9-20(30)31)10-18(19)28-21-16(6)27-22(32-21)23(24,25)26/h7-8,10,13-15,28H,9,11-12H2,1-6H3,(H,30,31). The molecule has 0 saturated carbocycles. The molecule has 2 aromatic rings. The molecule has 2 N–H and O–H groups in total. The number of nitrogens with zero attached hydrogens (tertiary/aromatic N) is 2. The van der Waals surface area contributed by atoms with Crippen molar-refractivity contribution in [3.63, 3.8) is 0 Å². The smallest absolute Gasteiger partial charge is 0.443 e. The fourth-order valence-corrected chi connectivity index (χ4v) is 4.37. The fraction of sp³-hybridized carbons (Fsp3) is 0.565. The lowest BCUT2D eigenvalue weighted by Gasteiger charge is -2.31. The molecular formula is C23H32F3N3O2S. The van der Waals surface area contributed by atoms with Gasteiger partial charge in [0.2, 0.25) is 0 Å². The molecule has 32 heavy (non-hydrogen) atoms. The maximum Gasteiger partial charge on any atom is 0.443 e. The number of aromatic nitrogens is 1. The highest BCUT2D eigenvalue weighted by Crippen LogP contribution is 2.40. The zero-order valence-electron chi connectivity index (χ0n) is 19.4. The number of rotatable bonds is 10. The van der Waals surface area contributed by atoms with Crippen LogP contribution in [0.2, 0.25) is 0 Å². The van der Waals surface area contributed by atoms with Gasteiger partial charge in [0.05, 0.1) is 23.5 Å². The van der Waals surface area contributed by atoms with Gasteiger partial charge in [0.25, 0.3) is 0 Å². The summed E-state index contributed by atoms with van der Waals surface area (Å²) in [5, 5.41) is 11.8. The number of hydrogen-bond acceptors (Lipinski definition) is 5. The largest absolute Gasteiger partial charge is 0.481 e. The van der Waals surface area contributed by atoms with Gasteiger partial charge in [0.1, 0.15) is 5.00 Å². The zero-order valence-corrected chi connectivity index (χ0v) is 20.2. The van der Waals surface area contributed by atoms with E-state index < -0.39 is 17.2 Å². The summed E-state index contributed by atoms with van der Waals surface area (Å²) in [6.07, 6.45) is -4.53. The van der Waals surface area contributed by atoms with Crippen molar-refractivity contribution in [2.24, 2.45) is 11.8 Å². The van der Waals surface area contributed by atoms with Crippen molar-refractivity contribution in [1.82, 2.24) is 4.98 Å². The van der Waals surface area contributed by atoms with E-state index in [1.54, 1.807) is 6.92 Å². The summed E-state index contributed by atoms with van der Waals surface area (Å²) in [7, 11) is 0. The molecule has 9 heteroatoms. The molecule has 1 unspecified atom stereocenters. The third-order valence-electron chi connectivity index (χ3n) is 4.87. The summed E-state index contributed by atoms with van der Waals surface area (Å²) in [5.74, 6) is -0.368. The lowest BCUT2D eigenvalue weighted by Crippen LogP contribution is -2.31. The summed E-state index contributed by atoms with van der Waals surface area (Å²) in [5.41, 5.74) is 2.61. The van der Waals surface area contributed by atoms with E-state index in [1.165, 1.54) is 0 Å². The molecule has 2 rings (SSSR count). The summed E-state index contributed by atoms with van der Waals surface area (Å²) < 4.78 is 39.5. The average molecular weight is 472 g/mol. The van der Waals surface area contributed by atoms with Crippen LogP contribution in [0.4, 0.5) is 29.5 Å². The molecule has 1 aromatic carbocycles. The number of aryl methyl sites for hydroxylation is 1. The zero-order chi connectivity index (χ0) is 24.2. The number of nitrogens with one attached hydrogen (secondary N) is 1. The fourth-order valence-electron chi connectivity index (χ4n) is 3.52. The Morgan fingerprint density at radius 2 is 1.75 bits per heavy atom. The third kappa shape index (κ3) is 7.12. The van der Waals surface area contributed by atoms with Crippen LogP contribution >= 0.6 is 11.3 Å². The Balaban J connectivity index is 2.54. The average Bonchev–Trinajstić information content (AvgIpc) is 3.00. The van der Waals surface area contributed by atoms with Gasteiger partial charge in [-0.2, -0.15) is 13.2 Å². The van der Waals surface area contributed by atoms with Crippen LogP contribution < -0.4 is 10.2 Å². The quantitative estimate of drug-likeness (QED) is 0.394. The van der Waals surface area contributed by atoms with Crippen molar-refractivity contribution in [3.8, 4) is 0 Å². The number of carboxylic acid groups (broad SMARTS) is 1. The van der Waals surface area contributed by atoms with Gasteiger partial charge in [-0.1, -0.05) is 52.0 Å². The van der Waals surface area contributed by atoms with E-state index in [0.717, 1.165) is 24.3 Å². The van der Waals surface area contributed by atoms with Crippen molar-refractivity contribution in [1.29, 1.82) is 0 Å². The maximum atomic E-state index is 13.2. The van der Waals surface area contributed by atoms with Crippen LogP contribution in [0.15, 0.2) is 18.2 Å². The molecule has 0 spiro atoms. The molecule has 0 fully saturated rings. The second kappa shape index (κ2) is 10.6. The molecule has 0 aliphatic carbocycles. The molecule has 0 aliphatic rings. The number of aliphatic carboxylic acids is 1. The van der Waals surface area contributed by atoms with Crippen LogP contribution in [0.25, 0.3) is 0 Å². The number of benzene rings is 1. The van der Waals surface area contributed by atoms with Crippen molar-refractivity contribution in [2.45, 2.75) is 60.1 Å². The van der Waals surface area contributed by atoms with Crippen molar-refractivity contribution in [3.05, 3.63) is 34.5 Å². The van der Waals surface area contributed by atoms with E-state index in [-0.39, 0.29) is 18.0 Å². The lowest BCUT2D eigenvalue weighted by atomic mass is 9.96.